The fraction of sp³-hybridized carbons (Fsp3) is 0.905. The highest BCUT2D eigenvalue weighted by molar-refractivity contribution is 5.75. The molecule has 4 heteroatoms. The number of unbranched alkanes of at least 4 members (excludes halogenated alkanes) is 13. The summed E-state index contributed by atoms with van der Waals surface area (Å²) in [5, 5.41) is 11.4. The molecule has 4 nitrogen and oxygen atoms in total. The van der Waals surface area contributed by atoms with E-state index in [0.29, 0.717) is 19.4 Å². The van der Waals surface area contributed by atoms with E-state index in [0.717, 1.165) is 19.3 Å². The van der Waals surface area contributed by atoms with Crippen molar-refractivity contribution in [2.45, 2.75) is 116 Å². The highest BCUT2D eigenvalue weighted by Gasteiger charge is 2.01. The number of carboxylic acid groups (broad SMARTS) is 1. The second kappa shape index (κ2) is 19.3. The molecule has 0 spiro atoms. The maximum atomic E-state index is 11.6. The van der Waals surface area contributed by atoms with Gasteiger partial charge in [-0.25, -0.2) is 0 Å². The van der Waals surface area contributed by atoms with Crippen molar-refractivity contribution in [2.24, 2.45) is 0 Å². The minimum absolute atomic E-state index is 0.110. The van der Waals surface area contributed by atoms with Crippen molar-refractivity contribution in [3.05, 3.63) is 0 Å². The third-order valence-corrected chi connectivity index (χ3v) is 4.65. The van der Waals surface area contributed by atoms with Crippen LogP contribution in [0.15, 0.2) is 0 Å². The normalized spacial score (nSPS) is 10.8. The summed E-state index contributed by atoms with van der Waals surface area (Å²) in [6, 6.07) is 0. The van der Waals surface area contributed by atoms with Crippen LogP contribution in [0.1, 0.15) is 116 Å². The lowest BCUT2D eigenvalue weighted by Gasteiger charge is -2.05. The second-order valence-corrected chi connectivity index (χ2v) is 7.19. The molecule has 25 heavy (non-hydrogen) atoms. The van der Waals surface area contributed by atoms with Crippen LogP contribution in [0.3, 0.4) is 0 Å². The van der Waals surface area contributed by atoms with Crippen LogP contribution in [0.5, 0.6) is 0 Å². The molecule has 0 aliphatic carbocycles. The Morgan fingerprint density at radius 3 is 1.56 bits per heavy atom. The molecular weight excluding hydrogens is 314 g/mol. The Balaban J connectivity index is 3.14. The van der Waals surface area contributed by atoms with Crippen molar-refractivity contribution >= 4 is 11.9 Å². The summed E-state index contributed by atoms with van der Waals surface area (Å²) >= 11 is 0. The highest BCUT2D eigenvalue weighted by atomic mass is 16.4. The minimum atomic E-state index is -0.765. The number of hydrogen-bond donors (Lipinski definition) is 2. The Hall–Kier alpha value is -1.06. The van der Waals surface area contributed by atoms with E-state index in [4.69, 9.17) is 5.11 Å². The molecule has 0 fully saturated rings. The van der Waals surface area contributed by atoms with E-state index in [-0.39, 0.29) is 12.3 Å². The van der Waals surface area contributed by atoms with Crippen LogP contribution in [0.2, 0.25) is 0 Å². The van der Waals surface area contributed by atoms with Crippen LogP contribution in [0.4, 0.5) is 0 Å². The minimum Gasteiger partial charge on any atom is -0.481 e. The molecule has 0 aromatic rings. The average molecular weight is 356 g/mol. The van der Waals surface area contributed by atoms with Crippen molar-refractivity contribution in [1.29, 1.82) is 0 Å². The van der Waals surface area contributed by atoms with Crippen molar-refractivity contribution in [3.63, 3.8) is 0 Å². The maximum absolute atomic E-state index is 11.6. The predicted octanol–water partition coefficient (Wildman–Crippen LogP) is 5.84. The van der Waals surface area contributed by atoms with Crippen molar-refractivity contribution < 1.29 is 14.7 Å². The topological polar surface area (TPSA) is 66.4 Å². The summed E-state index contributed by atoms with van der Waals surface area (Å²) < 4.78 is 0. The number of carboxylic acids is 1. The van der Waals surface area contributed by atoms with Crippen LogP contribution in [0.25, 0.3) is 0 Å². The van der Waals surface area contributed by atoms with Gasteiger partial charge in [0.2, 0.25) is 5.91 Å². The van der Waals surface area contributed by atoms with Gasteiger partial charge in [-0.05, 0) is 19.3 Å². The molecule has 2 N–H and O–H groups in total. The van der Waals surface area contributed by atoms with Gasteiger partial charge in [0.15, 0.2) is 0 Å². The Morgan fingerprint density at radius 1 is 0.640 bits per heavy atom. The summed E-state index contributed by atoms with van der Waals surface area (Å²) in [4.78, 5) is 22.0. The first kappa shape index (κ1) is 23.9. The van der Waals surface area contributed by atoms with Gasteiger partial charge in [0.05, 0.1) is 0 Å². The SMILES string of the molecule is CCCCCCCCCCCCCCCC(=O)NCCCCC(=O)O. The van der Waals surface area contributed by atoms with E-state index < -0.39 is 5.97 Å². The van der Waals surface area contributed by atoms with Crippen LogP contribution in [-0.4, -0.2) is 23.5 Å². The molecule has 0 heterocycles. The van der Waals surface area contributed by atoms with E-state index in [1.54, 1.807) is 0 Å². The van der Waals surface area contributed by atoms with Gasteiger partial charge in [-0.15, -0.1) is 0 Å². The fourth-order valence-corrected chi connectivity index (χ4v) is 3.02. The van der Waals surface area contributed by atoms with Gasteiger partial charge in [-0.3, -0.25) is 9.59 Å². The molecule has 0 unspecified atom stereocenters. The quantitative estimate of drug-likeness (QED) is 0.286. The first-order chi connectivity index (χ1) is 12.2. The predicted molar refractivity (Wildman–Crippen MR) is 105 cm³/mol. The van der Waals surface area contributed by atoms with Crippen molar-refractivity contribution in [3.8, 4) is 0 Å². The van der Waals surface area contributed by atoms with Crippen LogP contribution in [0, 0.1) is 0 Å². The lowest BCUT2D eigenvalue weighted by molar-refractivity contribution is -0.137. The first-order valence-corrected chi connectivity index (χ1v) is 10.6. The molecule has 0 bridgehead atoms. The van der Waals surface area contributed by atoms with Gasteiger partial charge in [-0.1, -0.05) is 84.0 Å². The van der Waals surface area contributed by atoms with Crippen LogP contribution >= 0.6 is 0 Å². The smallest absolute Gasteiger partial charge is 0.303 e. The third-order valence-electron chi connectivity index (χ3n) is 4.65. The highest BCUT2D eigenvalue weighted by Crippen LogP contribution is 2.12. The van der Waals surface area contributed by atoms with Gasteiger partial charge in [0, 0.05) is 19.4 Å². The zero-order chi connectivity index (χ0) is 18.6. The van der Waals surface area contributed by atoms with E-state index in [9.17, 15) is 9.59 Å². The standard InChI is InChI=1S/C21H41NO3/c1-2-3-4-5-6-7-8-9-10-11-12-13-14-17-20(23)22-19-16-15-18-21(24)25/h2-19H2,1H3,(H,22,23)(H,24,25). The lowest BCUT2D eigenvalue weighted by Crippen LogP contribution is -2.24. The second-order valence-electron chi connectivity index (χ2n) is 7.19. The van der Waals surface area contributed by atoms with E-state index in [1.807, 2.05) is 0 Å². The molecule has 1 amide bonds. The summed E-state index contributed by atoms with van der Waals surface area (Å²) in [6.45, 7) is 2.86. The summed E-state index contributed by atoms with van der Waals surface area (Å²) in [7, 11) is 0. The van der Waals surface area contributed by atoms with Gasteiger partial charge in [0.1, 0.15) is 0 Å². The van der Waals surface area contributed by atoms with Crippen LogP contribution < -0.4 is 5.32 Å². The zero-order valence-electron chi connectivity index (χ0n) is 16.5. The Kier molecular flexibility index (Phi) is 18.5. The lowest BCUT2D eigenvalue weighted by atomic mass is 10.0. The molecule has 0 aromatic heterocycles. The number of carbonyl (C=O) groups is 2. The number of amides is 1. The van der Waals surface area contributed by atoms with E-state index >= 15 is 0 Å². The third kappa shape index (κ3) is 20.9. The number of nitrogens with one attached hydrogen (secondary N) is 1. The molecule has 0 atom stereocenters. The van der Waals surface area contributed by atoms with Crippen LogP contribution in [-0.2, 0) is 9.59 Å². The summed E-state index contributed by atoms with van der Waals surface area (Å²) in [5.41, 5.74) is 0. The molecule has 148 valence electrons. The van der Waals surface area contributed by atoms with Gasteiger partial charge in [0.25, 0.3) is 0 Å². The number of hydrogen-bond acceptors (Lipinski definition) is 2. The summed E-state index contributed by atoms with van der Waals surface area (Å²) in [6.07, 6.45) is 19.3. The van der Waals surface area contributed by atoms with Gasteiger partial charge in [-0.2, -0.15) is 0 Å². The largest absolute Gasteiger partial charge is 0.481 e. The Labute approximate surface area is 155 Å². The van der Waals surface area contributed by atoms with Gasteiger partial charge >= 0.3 is 5.97 Å². The Bertz CT molecular complexity index is 318. The number of carbonyl (C=O) groups excluding carboxylic acids is 1. The molecular formula is C21H41NO3. The summed E-state index contributed by atoms with van der Waals surface area (Å²) in [5.74, 6) is -0.656. The molecule has 0 radical (unpaired) electrons. The van der Waals surface area contributed by atoms with E-state index in [1.165, 1.54) is 70.6 Å². The molecule has 0 aliphatic heterocycles. The molecule has 0 saturated carbocycles. The first-order valence-electron chi connectivity index (χ1n) is 10.6. The van der Waals surface area contributed by atoms with E-state index in [2.05, 4.69) is 12.2 Å². The average Bonchev–Trinajstić information content (AvgIpc) is 2.58. The Morgan fingerprint density at radius 2 is 1.08 bits per heavy atom. The van der Waals surface area contributed by atoms with Gasteiger partial charge < -0.3 is 10.4 Å². The zero-order valence-corrected chi connectivity index (χ0v) is 16.5. The molecule has 0 saturated heterocycles. The molecule has 0 aromatic carbocycles. The molecule has 0 rings (SSSR count). The number of aliphatic carboxylic acids is 1. The number of rotatable bonds is 19. The van der Waals surface area contributed by atoms with Crippen molar-refractivity contribution in [2.75, 3.05) is 6.54 Å². The fourth-order valence-electron chi connectivity index (χ4n) is 3.02. The molecule has 0 aliphatic rings. The monoisotopic (exact) mass is 355 g/mol. The maximum Gasteiger partial charge on any atom is 0.303 e. The van der Waals surface area contributed by atoms with Crippen molar-refractivity contribution in [1.82, 2.24) is 5.32 Å².